The summed E-state index contributed by atoms with van der Waals surface area (Å²) >= 11 is 0. The standard InChI is InChI=1S/C36H46FN5O11S/c1-19-7-5-6-8-21-15-36(21,33(46)41-54(49,50)35(18-43)9-10-35)40-30(44)26-12-22(17-42(26)32(45)29(20(2)11-19)39-34(47)48)53-31-24-13-25(37)27(51-3)14-23(24)28(52-4)16-38-31/h6,8,13-14,16,19-22,26,29,39,43H,5,7,9-12,15,17-18H2,1-4H3,(H,40,44)(H,41,46)(H,47,48)/b8-6-/t19-,20-,21?,22-,26+,29+,36-/m1/s1. The van der Waals surface area contributed by atoms with Gasteiger partial charge < -0.3 is 40.0 Å². The van der Waals surface area contributed by atoms with Crippen molar-refractivity contribution in [3.05, 3.63) is 36.3 Å². The van der Waals surface area contributed by atoms with Crippen LogP contribution in [0, 0.1) is 23.6 Å². The van der Waals surface area contributed by atoms with Crippen LogP contribution in [0.1, 0.15) is 58.8 Å². The van der Waals surface area contributed by atoms with Crippen LogP contribution in [0.25, 0.3) is 10.8 Å². The Bertz CT molecular complexity index is 1970. The lowest BCUT2D eigenvalue weighted by Gasteiger charge is -2.32. The molecular weight excluding hydrogens is 729 g/mol. The Kier molecular flexibility index (Phi) is 10.7. The first kappa shape index (κ1) is 39.0. The molecule has 5 N–H and O–H groups in total. The molecule has 4 aliphatic rings. The largest absolute Gasteiger partial charge is 0.494 e. The van der Waals surface area contributed by atoms with Gasteiger partial charge in [-0.1, -0.05) is 26.0 Å². The number of halogens is 1. The van der Waals surface area contributed by atoms with Crippen LogP contribution >= 0.6 is 0 Å². The second kappa shape index (κ2) is 14.8. The van der Waals surface area contributed by atoms with Crippen LogP contribution in [0.4, 0.5) is 9.18 Å². The molecule has 0 radical (unpaired) electrons. The number of carboxylic acid groups (broad SMARTS) is 1. The van der Waals surface area contributed by atoms with Gasteiger partial charge in [-0.05, 0) is 62.5 Å². The number of fused-ring (bicyclic) bond motifs is 3. The average molecular weight is 776 g/mol. The topological polar surface area (TPSA) is 223 Å². The summed E-state index contributed by atoms with van der Waals surface area (Å²) in [6.07, 6.45) is 4.70. The zero-order valence-corrected chi connectivity index (χ0v) is 31.3. The number of ether oxygens (including phenoxy) is 3. The molecule has 7 atom stereocenters. The van der Waals surface area contributed by atoms with E-state index in [1.807, 2.05) is 13.0 Å². The smallest absolute Gasteiger partial charge is 0.405 e. The third-order valence-electron chi connectivity index (χ3n) is 11.2. The summed E-state index contributed by atoms with van der Waals surface area (Å²) in [6.45, 7) is 2.87. The van der Waals surface area contributed by atoms with Crippen molar-refractivity contribution in [3.63, 3.8) is 0 Å². The number of rotatable bonds is 9. The van der Waals surface area contributed by atoms with Crippen molar-refractivity contribution < 1.29 is 56.4 Å². The Balaban J connectivity index is 1.36. The zero-order valence-electron chi connectivity index (χ0n) is 30.5. The molecule has 3 heterocycles. The van der Waals surface area contributed by atoms with E-state index in [9.17, 15) is 42.2 Å². The van der Waals surface area contributed by atoms with Crippen molar-refractivity contribution in [2.24, 2.45) is 17.8 Å². The van der Waals surface area contributed by atoms with Gasteiger partial charge in [0.25, 0.3) is 5.91 Å². The summed E-state index contributed by atoms with van der Waals surface area (Å²) in [5.74, 6) is -3.89. The molecule has 1 aromatic carbocycles. The van der Waals surface area contributed by atoms with Crippen LogP contribution in [0.2, 0.25) is 0 Å². The molecule has 4 amide bonds. The number of carbonyl (C=O) groups excluding carboxylic acids is 3. The van der Waals surface area contributed by atoms with Crippen LogP contribution in [-0.4, -0.2) is 108 Å². The Morgan fingerprint density at radius 1 is 1.11 bits per heavy atom. The Hall–Kier alpha value is -4.71. The number of aliphatic hydroxyl groups excluding tert-OH is 1. The van der Waals surface area contributed by atoms with E-state index in [4.69, 9.17) is 14.2 Å². The summed E-state index contributed by atoms with van der Waals surface area (Å²) in [5, 5.41) is 25.3. The van der Waals surface area contributed by atoms with Crippen molar-refractivity contribution in [1.82, 2.24) is 25.2 Å². The van der Waals surface area contributed by atoms with Crippen LogP contribution in [0.3, 0.4) is 0 Å². The lowest BCUT2D eigenvalue weighted by atomic mass is 9.88. The lowest BCUT2D eigenvalue weighted by Crippen LogP contribution is -2.59. The molecule has 6 rings (SSSR count). The van der Waals surface area contributed by atoms with Crippen molar-refractivity contribution >= 4 is 44.6 Å². The minimum absolute atomic E-state index is 0.0262. The van der Waals surface area contributed by atoms with Gasteiger partial charge in [0.05, 0.1) is 39.0 Å². The summed E-state index contributed by atoms with van der Waals surface area (Å²) in [4.78, 5) is 60.1. The summed E-state index contributed by atoms with van der Waals surface area (Å²) < 4.78 is 58.7. The highest BCUT2D eigenvalue weighted by Gasteiger charge is 2.64. The van der Waals surface area contributed by atoms with Crippen molar-refractivity contribution in [3.8, 4) is 17.4 Å². The molecule has 3 fully saturated rings. The second-order valence-corrected chi connectivity index (χ2v) is 17.0. The molecule has 54 heavy (non-hydrogen) atoms. The number of hydrogen-bond donors (Lipinski definition) is 5. The van der Waals surface area contributed by atoms with E-state index < -0.39 is 86.6 Å². The van der Waals surface area contributed by atoms with E-state index in [0.29, 0.717) is 30.4 Å². The first-order chi connectivity index (χ1) is 25.6. The number of nitrogens with zero attached hydrogens (tertiary/aromatic N) is 2. The van der Waals surface area contributed by atoms with Gasteiger partial charge in [0, 0.05) is 17.7 Å². The number of carbonyl (C=O) groups is 4. The molecule has 1 saturated heterocycles. The maximum Gasteiger partial charge on any atom is 0.405 e. The normalized spacial score (nSPS) is 30.1. The number of aliphatic hydroxyl groups is 1. The predicted octanol–water partition coefficient (Wildman–Crippen LogP) is 2.23. The maximum absolute atomic E-state index is 15.0. The summed E-state index contributed by atoms with van der Waals surface area (Å²) in [6, 6.07) is 0.0519. The van der Waals surface area contributed by atoms with Crippen LogP contribution in [0.15, 0.2) is 30.5 Å². The SMILES string of the molecule is COc1cc2c(OC)cnc(O[C@@H]3C[C@H]4C(=O)N[C@]5(C(=O)NS(=O)(=O)C6(CO)CC6)CC5/C=C\CC[C@@H](C)C[C@@H](C)[C@H](NC(=O)O)C(=O)N4C3)c2cc1F. The molecule has 1 aromatic heterocycles. The fraction of sp³-hybridized carbons (Fsp3) is 0.583. The molecule has 2 aromatic rings. The molecule has 2 aliphatic carbocycles. The average Bonchev–Trinajstić information content (AvgIpc) is 4.03. The fourth-order valence-electron chi connectivity index (χ4n) is 7.68. The number of amides is 4. The van der Waals surface area contributed by atoms with E-state index in [1.54, 1.807) is 13.0 Å². The number of allylic oxidation sites excluding steroid dienone is 1. The molecule has 0 bridgehead atoms. The number of hydrogen-bond acceptors (Lipinski definition) is 11. The summed E-state index contributed by atoms with van der Waals surface area (Å²) in [5.41, 5.74) is -1.68. The molecule has 0 spiro atoms. The number of pyridine rings is 1. The molecule has 2 saturated carbocycles. The number of nitrogens with one attached hydrogen (secondary N) is 3. The Morgan fingerprint density at radius 2 is 1.83 bits per heavy atom. The lowest BCUT2D eigenvalue weighted by molar-refractivity contribution is -0.142. The highest BCUT2D eigenvalue weighted by atomic mass is 32.2. The van der Waals surface area contributed by atoms with Crippen molar-refractivity contribution in [1.29, 1.82) is 0 Å². The highest BCUT2D eigenvalue weighted by molar-refractivity contribution is 7.91. The number of methoxy groups -OCH3 is 2. The Labute approximate surface area is 311 Å². The molecule has 294 valence electrons. The van der Waals surface area contributed by atoms with E-state index in [1.165, 1.54) is 37.4 Å². The van der Waals surface area contributed by atoms with E-state index >= 15 is 0 Å². The Morgan fingerprint density at radius 3 is 2.48 bits per heavy atom. The van der Waals surface area contributed by atoms with Gasteiger partial charge in [-0.25, -0.2) is 22.6 Å². The van der Waals surface area contributed by atoms with Gasteiger partial charge in [-0.2, -0.15) is 0 Å². The maximum atomic E-state index is 15.0. The van der Waals surface area contributed by atoms with Crippen LogP contribution in [-0.2, 0) is 24.4 Å². The molecule has 1 unspecified atom stereocenters. The van der Waals surface area contributed by atoms with Gasteiger partial charge in [0.1, 0.15) is 34.2 Å². The zero-order chi connectivity index (χ0) is 39.2. The molecule has 16 nitrogen and oxygen atoms in total. The second-order valence-electron chi connectivity index (χ2n) is 14.9. The van der Waals surface area contributed by atoms with Gasteiger partial charge in [0.15, 0.2) is 11.6 Å². The van der Waals surface area contributed by atoms with Gasteiger partial charge in [-0.15, -0.1) is 0 Å². The third kappa shape index (κ3) is 7.37. The van der Waals surface area contributed by atoms with Gasteiger partial charge >= 0.3 is 6.09 Å². The third-order valence-corrected chi connectivity index (χ3v) is 13.3. The molecule has 2 aliphatic heterocycles. The van der Waals surface area contributed by atoms with Crippen LogP contribution < -0.4 is 29.6 Å². The van der Waals surface area contributed by atoms with Crippen molar-refractivity contribution in [2.75, 3.05) is 27.4 Å². The van der Waals surface area contributed by atoms with E-state index in [0.717, 1.165) is 0 Å². The fourth-order valence-corrected chi connectivity index (χ4v) is 9.14. The number of aromatic nitrogens is 1. The quantitative estimate of drug-likeness (QED) is 0.232. The number of sulfonamides is 1. The molecule has 18 heteroatoms. The number of benzene rings is 1. The first-order valence-corrected chi connectivity index (χ1v) is 19.4. The molecular formula is C36H46FN5O11S. The minimum Gasteiger partial charge on any atom is -0.494 e. The van der Waals surface area contributed by atoms with E-state index in [-0.39, 0.29) is 55.2 Å². The van der Waals surface area contributed by atoms with E-state index in [2.05, 4.69) is 20.3 Å². The first-order valence-electron chi connectivity index (χ1n) is 17.9. The minimum atomic E-state index is -4.30. The monoisotopic (exact) mass is 775 g/mol. The van der Waals surface area contributed by atoms with Gasteiger partial charge in [-0.3, -0.25) is 19.1 Å². The summed E-state index contributed by atoms with van der Waals surface area (Å²) in [7, 11) is -1.56. The van der Waals surface area contributed by atoms with Gasteiger partial charge in [0.2, 0.25) is 27.7 Å². The predicted molar refractivity (Wildman–Crippen MR) is 191 cm³/mol. The van der Waals surface area contributed by atoms with Crippen molar-refractivity contribution in [2.45, 2.75) is 87.3 Å². The highest BCUT2D eigenvalue weighted by Crippen LogP contribution is 2.48. The van der Waals surface area contributed by atoms with Crippen LogP contribution in [0.5, 0.6) is 17.4 Å².